The number of ether oxygens (including phenoxy) is 1. The number of anilines is 1. The molecule has 4 aromatic rings. The Morgan fingerprint density at radius 2 is 1.83 bits per heavy atom. The zero-order valence-electron chi connectivity index (χ0n) is 15.5. The summed E-state index contributed by atoms with van der Waals surface area (Å²) < 4.78 is 24.0. The normalized spacial score (nSPS) is 10.6. The quantitative estimate of drug-likeness (QED) is 0.451. The van der Waals surface area contributed by atoms with Gasteiger partial charge in [-0.25, -0.2) is 4.39 Å². The Morgan fingerprint density at radius 1 is 1.07 bits per heavy atom. The first-order valence-corrected chi connectivity index (χ1v) is 9.33. The van der Waals surface area contributed by atoms with Gasteiger partial charge < -0.3 is 14.6 Å². The molecule has 0 saturated heterocycles. The molecule has 3 aromatic carbocycles. The maximum atomic E-state index is 13.1. The van der Waals surface area contributed by atoms with Crippen molar-refractivity contribution in [3.63, 3.8) is 0 Å². The molecule has 1 N–H and O–H groups in total. The number of nitrogens with one attached hydrogen (secondary N) is 1. The van der Waals surface area contributed by atoms with Crippen LogP contribution in [0.1, 0.15) is 16.2 Å². The summed E-state index contributed by atoms with van der Waals surface area (Å²) >= 11 is 6.06. The van der Waals surface area contributed by atoms with Crippen LogP contribution in [0.15, 0.2) is 77.3 Å². The third-order valence-corrected chi connectivity index (χ3v) is 4.37. The second-order valence-electron chi connectivity index (χ2n) is 6.27. The number of carbonyl (C=O) groups excluding carboxylic acids is 1. The van der Waals surface area contributed by atoms with E-state index in [1.54, 1.807) is 36.4 Å². The number of halogens is 2. The molecule has 8 heteroatoms. The lowest BCUT2D eigenvalue weighted by atomic mass is 10.2. The maximum absolute atomic E-state index is 13.1. The minimum atomic E-state index is -0.365. The van der Waals surface area contributed by atoms with Crippen LogP contribution in [0.3, 0.4) is 0 Å². The van der Waals surface area contributed by atoms with Crippen LogP contribution >= 0.6 is 11.6 Å². The number of amides is 1. The van der Waals surface area contributed by atoms with Gasteiger partial charge in [-0.1, -0.05) is 35.0 Å². The number of rotatable bonds is 6. The van der Waals surface area contributed by atoms with Crippen LogP contribution in [-0.4, -0.2) is 16.0 Å². The van der Waals surface area contributed by atoms with E-state index in [0.29, 0.717) is 27.8 Å². The fraction of sp³-hybridized carbons (Fsp3) is 0.0455. The van der Waals surface area contributed by atoms with Crippen molar-refractivity contribution in [1.29, 1.82) is 0 Å². The number of aromatic nitrogens is 2. The molecular formula is C22H15ClFN3O3. The lowest BCUT2D eigenvalue weighted by Crippen LogP contribution is -2.13. The first kappa shape index (κ1) is 19.6. The van der Waals surface area contributed by atoms with Gasteiger partial charge in [0.15, 0.2) is 6.61 Å². The number of nitrogens with zero attached hydrogens (tertiary/aromatic N) is 2. The molecule has 1 amide bonds. The lowest BCUT2D eigenvalue weighted by molar-refractivity contribution is 0.102. The van der Waals surface area contributed by atoms with Crippen molar-refractivity contribution in [3.05, 3.63) is 95.1 Å². The monoisotopic (exact) mass is 423 g/mol. The number of para-hydroxylation sites is 1. The molecule has 0 fully saturated rings. The number of benzene rings is 3. The molecule has 6 nitrogen and oxygen atoms in total. The molecule has 0 aliphatic heterocycles. The van der Waals surface area contributed by atoms with E-state index in [2.05, 4.69) is 15.5 Å². The molecule has 0 aliphatic carbocycles. The van der Waals surface area contributed by atoms with E-state index in [-0.39, 0.29) is 29.8 Å². The summed E-state index contributed by atoms with van der Waals surface area (Å²) in [6.45, 7) is -0.0541. The topological polar surface area (TPSA) is 77.2 Å². The molecule has 150 valence electrons. The molecule has 0 saturated carbocycles. The summed E-state index contributed by atoms with van der Waals surface area (Å²) in [7, 11) is 0. The van der Waals surface area contributed by atoms with E-state index in [0.717, 1.165) is 0 Å². The Kier molecular flexibility index (Phi) is 5.72. The molecule has 4 rings (SSSR count). The molecule has 0 spiro atoms. The number of hydrogen-bond acceptors (Lipinski definition) is 5. The van der Waals surface area contributed by atoms with Gasteiger partial charge in [-0.15, -0.1) is 0 Å². The minimum absolute atomic E-state index is 0.0541. The van der Waals surface area contributed by atoms with E-state index in [1.807, 2.05) is 18.2 Å². The van der Waals surface area contributed by atoms with Crippen LogP contribution in [0.2, 0.25) is 5.02 Å². The predicted octanol–water partition coefficient (Wildman–Crippen LogP) is 5.36. The van der Waals surface area contributed by atoms with Crippen molar-refractivity contribution in [3.8, 4) is 17.1 Å². The van der Waals surface area contributed by atoms with E-state index >= 15 is 0 Å². The van der Waals surface area contributed by atoms with Crippen LogP contribution in [0.25, 0.3) is 11.4 Å². The summed E-state index contributed by atoms with van der Waals surface area (Å²) in [5.41, 5.74) is 1.53. The third kappa shape index (κ3) is 4.64. The lowest BCUT2D eigenvalue weighted by Gasteiger charge is -2.11. The first-order valence-electron chi connectivity index (χ1n) is 8.96. The molecular weight excluding hydrogens is 409 g/mol. The number of carbonyl (C=O) groups is 1. The Balaban J connectivity index is 1.49. The van der Waals surface area contributed by atoms with Crippen molar-refractivity contribution in [1.82, 2.24) is 10.1 Å². The van der Waals surface area contributed by atoms with E-state index in [4.69, 9.17) is 20.9 Å². The van der Waals surface area contributed by atoms with Gasteiger partial charge >= 0.3 is 0 Å². The molecule has 0 radical (unpaired) electrons. The van der Waals surface area contributed by atoms with Gasteiger partial charge in [-0.2, -0.15) is 4.98 Å². The van der Waals surface area contributed by atoms with E-state index < -0.39 is 0 Å². The van der Waals surface area contributed by atoms with Crippen molar-refractivity contribution >= 4 is 23.2 Å². The SMILES string of the molecule is O=C(Nc1ccccc1)c1cc(Cl)ccc1OCc1nc(-c2ccc(F)cc2)no1. The summed E-state index contributed by atoms with van der Waals surface area (Å²) in [5.74, 6) is 0.117. The molecule has 1 heterocycles. The predicted molar refractivity (Wildman–Crippen MR) is 110 cm³/mol. The summed E-state index contributed by atoms with van der Waals surface area (Å²) in [6.07, 6.45) is 0. The van der Waals surface area contributed by atoms with Crippen LogP contribution in [0, 0.1) is 5.82 Å². The van der Waals surface area contributed by atoms with Gasteiger partial charge in [0, 0.05) is 16.3 Å². The molecule has 0 bridgehead atoms. The number of hydrogen-bond donors (Lipinski definition) is 1. The Hall–Kier alpha value is -3.71. The summed E-state index contributed by atoms with van der Waals surface area (Å²) in [5, 5.41) is 7.06. The smallest absolute Gasteiger partial charge is 0.264 e. The maximum Gasteiger partial charge on any atom is 0.264 e. The zero-order valence-corrected chi connectivity index (χ0v) is 16.3. The summed E-state index contributed by atoms with van der Waals surface area (Å²) in [6, 6.07) is 19.5. The average Bonchev–Trinajstić information content (AvgIpc) is 3.23. The van der Waals surface area contributed by atoms with Crippen LogP contribution in [-0.2, 0) is 6.61 Å². The molecule has 0 unspecified atom stereocenters. The highest BCUT2D eigenvalue weighted by Crippen LogP contribution is 2.25. The van der Waals surface area contributed by atoms with Crippen molar-refractivity contribution in [2.75, 3.05) is 5.32 Å². The van der Waals surface area contributed by atoms with E-state index in [1.165, 1.54) is 18.2 Å². The Labute approximate surface area is 176 Å². The van der Waals surface area contributed by atoms with Gasteiger partial charge in [0.25, 0.3) is 11.8 Å². The Bertz CT molecular complexity index is 1160. The molecule has 30 heavy (non-hydrogen) atoms. The fourth-order valence-electron chi connectivity index (χ4n) is 2.69. The van der Waals surface area contributed by atoms with Crippen molar-refractivity contribution in [2.24, 2.45) is 0 Å². The molecule has 0 atom stereocenters. The third-order valence-electron chi connectivity index (χ3n) is 4.14. The van der Waals surface area contributed by atoms with Crippen LogP contribution in [0.5, 0.6) is 5.75 Å². The van der Waals surface area contributed by atoms with Crippen molar-refractivity contribution in [2.45, 2.75) is 6.61 Å². The van der Waals surface area contributed by atoms with Gasteiger partial charge in [-0.3, -0.25) is 4.79 Å². The van der Waals surface area contributed by atoms with Gasteiger partial charge in [-0.05, 0) is 54.6 Å². The zero-order chi connectivity index (χ0) is 20.9. The van der Waals surface area contributed by atoms with Crippen molar-refractivity contribution < 1.29 is 18.4 Å². The van der Waals surface area contributed by atoms with Crippen LogP contribution in [0.4, 0.5) is 10.1 Å². The largest absolute Gasteiger partial charge is 0.483 e. The fourth-order valence-corrected chi connectivity index (χ4v) is 2.87. The second kappa shape index (κ2) is 8.75. The minimum Gasteiger partial charge on any atom is -0.483 e. The van der Waals surface area contributed by atoms with Gasteiger partial charge in [0.2, 0.25) is 5.82 Å². The van der Waals surface area contributed by atoms with Gasteiger partial charge in [0.05, 0.1) is 5.56 Å². The highest BCUT2D eigenvalue weighted by molar-refractivity contribution is 6.31. The molecule has 0 aliphatic rings. The Morgan fingerprint density at radius 3 is 2.60 bits per heavy atom. The van der Waals surface area contributed by atoms with E-state index in [9.17, 15) is 9.18 Å². The standard InChI is InChI=1S/C22H15ClFN3O3/c23-15-8-11-19(18(12-15)22(28)25-17-4-2-1-3-5-17)29-13-20-26-21(27-30-20)14-6-9-16(24)10-7-14/h1-12H,13H2,(H,25,28). The highest BCUT2D eigenvalue weighted by atomic mass is 35.5. The second-order valence-corrected chi connectivity index (χ2v) is 6.70. The first-order chi connectivity index (χ1) is 14.6. The van der Waals surface area contributed by atoms with Crippen LogP contribution < -0.4 is 10.1 Å². The summed E-state index contributed by atoms with van der Waals surface area (Å²) in [4.78, 5) is 16.9. The average molecular weight is 424 g/mol. The van der Waals surface area contributed by atoms with Gasteiger partial charge in [0.1, 0.15) is 11.6 Å². The highest BCUT2D eigenvalue weighted by Gasteiger charge is 2.16. The molecule has 1 aromatic heterocycles.